The van der Waals surface area contributed by atoms with E-state index >= 15 is 0 Å². The molecular formula is C57H45Cl4N5O4. The minimum atomic E-state index is -0.777. The predicted octanol–water partition coefficient (Wildman–Crippen LogP) is 15.3. The van der Waals surface area contributed by atoms with Gasteiger partial charge in [0.1, 0.15) is 45.1 Å². The molecule has 9 nitrogen and oxygen atoms in total. The number of benzene rings is 6. The molecule has 0 spiro atoms. The molecule has 4 aromatic heterocycles. The highest BCUT2D eigenvalue weighted by molar-refractivity contribution is 6.37. The largest absolute Gasteiger partial charge is 0.505 e. The third-order valence-electron chi connectivity index (χ3n) is 13.4. The molecule has 4 heterocycles. The summed E-state index contributed by atoms with van der Waals surface area (Å²) in [7, 11) is 0. The molecular weight excluding hydrogens is 960 g/mol. The Kier molecular flexibility index (Phi) is 12.6. The highest BCUT2D eigenvalue weighted by atomic mass is 35.5. The average Bonchev–Trinajstić information content (AvgIpc) is 3.38. The van der Waals surface area contributed by atoms with Crippen molar-refractivity contribution in [2.45, 2.75) is 45.4 Å². The lowest BCUT2D eigenvalue weighted by atomic mass is 9.82. The van der Waals surface area contributed by atoms with Crippen LogP contribution >= 0.6 is 46.4 Å². The number of aromatic hydroxyl groups is 4. The van der Waals surface area contributed by atoms with Gasteiger partial charge in [0.15, 0.2) is 0 Å². The van der Waals surface area contributed by atoms with E-state index in [1.807, 2.05) is 48.5 Å². The molecule has 10 aromatic rings. The number of pyridine rings is 4. The van der Waals surface area contributed by atoms with E-state index in [9.17, 15) is 20.4 Å². The molecule has 10 rings (SSSR count). The van der Waals surface area contributed by atoms with Crippen LogP contribution in [-0.2, 0) is 0 Å². The highest BCUT2D eigenvalue weighted by Gasteiger charge is 2.30. The number of halogens is 4. The lowest BCUT2D eigenvalue weighted by molar-refractivity contribution is 0.463. The summed E-state index contributed by atoms with van der Waals surface area (Å²) < 4.78 is 0. The summed E-state index contributed by atoms with van der Waals surface area (Å²) in [6.45, 7) is 10.0. The van der Waals surface area contributed by atoms with Crippen molar-refractivity contribution in [3.05, 3.63) is 193 Å². The van der Waals surface area contributed by atoms with Gasteiger partial charge in [-0.2, -0.15) is 0 Å². The van der Waals surface area contributed by atoms with Crippen molar-refractivity contribution >= 4 is 95.7 Å². The molecule has 0 amide bonds. The van der Waals surface area contributed by atoms with Crippen LogP contribution in [0.4, 0.5) is 5.69 Å². The van der Waals surface area contributed by atoms with Crippen molar-refractivity contribution in [3.63, 3.8) is 0 Å². The lowest BCUT2D eigenvalue weighted by Gasteiger charge is -2.25. The Hall–Kier alpha value is -6.88. The smallest absolute Gasteiger partial charge is 0.146 e. The van der Waals surface area contributed by atoms with Crippen molar-refractivity contribution < 1.29 is 20.4 Å². The number of phenols is 4. The topological polar surface area (TPSA) is 136 Å². The number of rotatable bonds is 11. The van der Waals surface area contributed by atoms with Crippen LogP contribution in [0, 0.1) is 0 Å². The van der Waals surface area contributed by atoms with Crippen LogP contribution in [0.15, 0.2) is 134 Å². The number of anilines is 1. The molecule has 6 aromatic carbocycles. The molecule has 2 atom stereocenters. The van der Waals surface area contributed by atoms with Gasteiger partial charge in [-0.05, 0) is 121 Å². The Bertz CT molecular complexity index is 3680. The summed E-state index contributed by atoms with van der Waals surface area (Å²) in [5.74, 6) is -1.77. The Labute approximate surface area is 424 Å². The van der Waals surface area contributed by atoms with Crippen molar-refractivity contribution in [1.29, 1.82) is 0 Å². The average molecular weight is 1010 g/mol. The van der Waals surface area contributed by atoms with Crippen LogP contribution in [0.3, 0.4) is 0 Å². The second-order valence-corrected chi connectivity index (χ2v) is 19.2. The second kappa shape index (κ2) is 18.8. The number of nitrogens with zero attached hydrogens (tertiary/aromatic N) is 5. The van der Waals surface area contributed by atoms with Crippen LogP contribution < -0.4 is 4.90 Å². The van der Waals surface area contributed by atoms with Crippen molar-refractivity contribution in [2.24, 2.45) is 0 Å². The summed E-state index contributed by atoms with van der Waals surface area (Å²) in [5.41, 5.74) is 7.00. The van der Waals surface area contributed by atoms with Gasteiger partial charge in [-0.1, -0.05) is 96.6 Å². The molecule has 2 unspecified atom stereocenters. The maximum absolute atomic E-state index is 12.5. The van der Waals surface area contributed by atoms with E-state index in [1.54, 1.807) is 85.2 Å². The van der Waals surface area contributed by atoms with Gasteiger partial charge in [0.05, 0.1) is 31.5 Å². The monoisotopic (exact) mass is 1000 g/mol. The summed E-state index contributed by atoms with van der Waals surface area (Å²) in [5, 5.41) is 52.3. The van der Waals surface area contributed by atoms with Crippen molar-refractivity contribution in [3.8, 4) is 34.4 Å². The Morgan fingerprint density at radius 3 is 1.16 bits per heavy atom. The van der Waals surface area contributed by atoms with Gasteiger partial charge < -0.3 is 25.3 Å². The van der Waals surface area contributed by atoms with Gasteiger partial charge in [-0.3, -0.25) is 9.97 Å². The first-order valence-electron chi connectivity index (χ1n) is 22.9. The summed E-state index contributed by atoms with van der Waals surface area (Å²) >= 11 is 28.0. The van der Waals surface area contributed by atoms with Crippen LogP contribution in [0.1, 0.15) is 84.4 Å². The Morgan fingerprint density at radius 2 is 0.786 bits per heavy atom. The zero-order valence-corrected chi connectivity index (χ0v) is 41.4. The third-order valence-corrected chi connectivity index (χ3v) is 14.6. The van der Waals surface area contributed by atoms with Crippen molar-refractivity contribution in [2.75, 3.05) is 18.0 Å². The molecule has 13 heteroatoms. The molecule has 0 saturated heterocycles. The van der Waals surface area contributed by atoms with Gasteiger partial charge in [0, 0.05) is 86.8 Å². The number of aromatic nitrogens is 4. The number of fused-ring (bicyclic) bond motifs is 4. The molecule has 0 fully saturated rings. The van der Waals surface area contributed by atoms with Crippen molar-refractivity contribution in [1.82, 2.24) is 19.9 Å². The molecule has 4 N–H and O–H groups in total. The lowest BCUT2D eigenvalue weighted by Crippen LogP contribution is -2.21. The number of phenolic OH excluding ortho intramolecular Hbond substituents is 4. The predicted molar refractivity (Wildman–Crippen MR) is 285 cm³/mol. The molecule has 350 valence electrons. The molecule has 0 saturated carbocycles. The quantitative estimate of drug-likeness (QED) is 0.0934. The van der Waals surface area contributed by atoms with Gasteiger partial charge in [-0.25, -0.2) is 9.97 Å². The summed E-state index contributed by atoms with van der Waals surface area (Å²) in [4.78, 5) is 21.2. The standard InChI is InChI=1S/C57H45Cl4N5O4/c1-5-66(6-2)33-17-15-32(16-18-33)49(39-26-43(59)35-10-8-24-63-51(35)55(39)68)41-28-45(61)37-20-22-47(65-53(37)57(41)70)46-21-19-36-44(60)27-40(56(69)52(36)64-46)48(31-13-11-30(12-14-31)29(3)4)38-25-42(58)34-9-7-23-62-50(34)54(38)67/h7-29,48-49,67-70H,5-6H2,1-4H3. The molecule has 0 aliphatic carbocycles. The first-order valence-corrected chi connectivity index (χ1v) is 24.4. The van der Waals surface area contributed by atoms with E-state index < -0.39 is 11.8 Å². The van der Waals surface area contributed by atoms with Gasteiger partial charge >= 0.3 is 0 Å². The normalized spacial score (nSPS) is 12.6. The van der Waals surface area contributed by atoms with E-state index in [2.05, 4.69) is 42.6 Å². The first kappa shape index (κ1) is 46.8. The van der Waals surface area contributed by atoms with Crippen LogP contribution in [0.5, 0.6) is 23.0 Å². The Balaban J connectivity index is 1.14. The molecule has 0 aliphatic heterocycles. The zero-order valence-electron chi connectivity index (χ0n) is 38.4. The van der Waals surface area contributed by atoms with Crippen LogP contribution in [0.25, 0.3) is 55.0 Å². The maximum atomic E-state index is 12.5. The SMILES string of the molecule is CCN(CC)c1ccc(C(c2cc(Cl)c3cccnc3c2O)c2cc(Cl)c3ccc(-c4ccc5c(Cl)cc(C(c6ccc(C(C)C)cc6)c6cc(Cl)c7cccnc7c6O)c(O)c5n4)nc3c2O)cc1. The first-order chi connectivity index (χ1) is 33.8. The molecule has 70 heavy (non-hydrogen) atoms. The molecule has 0 radical (unpaired) electrons. The zero-order chi connectivity index (χ0) is 49.1. The minimum absolute atomic E-state index is 0.0806. The fourth-order valence-corrected chi connectivity index (χ4v) is 10.8. The summed E-state index contributed by atoms with van der Waals surface area (Å²) in [6.07, 6.45) is 3.18. The number of hydrogen-bond acceptors (Lipinski definition) is 9. The van der Waals surface area contributed by atoms with Crippen LogP contribution in [-0.4, -0.2) is 53.5 Å². The third kappa shape index (κ3) is 8.10. The fourth-order valence-electron chi connectivity index (χ4n) is 9.67. The van der Waals surface area contributed by atoms with Gasteiger partial charge in [0.2, 0.25) is 0 Å². The summed E-state index contributed by atoms with van der Waals surface area (Å²) in [6, 6.07) is 36.9. The molecule has 0 bridgehead atoms. The van der Waals surface area contributed by atoms with Gasteiger partial charge in [0.25, 0.3) is 0 Å². The van der Waals surface area contributed by atoms with E-state index in [0.717, 1.165) is 35.5 Å². The highest BCUT2D eigenvalue weighted by Crippen LogP contribution is 2.50. The van der Waals surface area contributed by atoms with E-state index in [-0.39, 0.29) is 39.9 Å². The van der Waals surface area contributed by atoms with E-state index in [4.69, 9.17) is 56.4 Å². The maximum Gasteiger partial charge on any atom is 0.146 e. The van der Waals surface area contributed by atoms with Gasteiger partial charge in [-0.15, -0.1) is 0 Å². The fraction of sp³-hybridized carbons (Fsp3) is 0.158. The van der Waals surface area contributed by atoms with E-state index in [0.29, 0.717) is 86.3 Å². The molecule has 0 aliphatic rings. The Morgan fingerprint density at radius 1 is 0.443 bits per heavy atom. The van der Waals surface area contributed by atoms with Crippen LogP contribution in [0.2, 0.25) is 20.1 Å². The number of hydrogen-bond donors (Lipinski definition) is 4. The minimum Gasteiger partial charge on any atom is -0.505 e. The van der Waals surface area contributed by atoms with E-state index in [1.165, 1.54) is 0 Å². The second-order valence-electron chi connectivity index (χ2n) is 17.6.